The molecule has 182 valence electrons. The molecule has 0 aliphatic rings. The van der Waals surface area contributed by atoms with Crippen LogP contribution in [0.1, 0.15) is 39.2 Å². The summed E-state index contributed by atoms with van der Waals surface area (Å²) in [4.78, 5) is 60.4. The molecule has 1 aromatic rings. The molecule has 11 heteroatoms. The average Bonchev–Trinajstić information content (AvgIpc) is 2.72. The molecule has 0 heterocycles. The molecule has 0 bridgehead atoms. The van der Waals surface area contributed by atoms with Crippen LogP contribution in [0.4, 0.5) is 0 Å². The van der Waals surface area contributed by atoms with Crippen LogP contribution >= 0.6 is 0 Å². The van der Waals surface area contributed by atoms with E-state index < -0.39 is 60.2 Å². The highest BCUT2D eigenvalue weighted by Gasteiger charge is 2.30. The number of benzene rings is 1. The Morgan fingerprint density at radius 2 is 1.45 bits per heavy atom. The number of nitrogens with two attached hydrogens (primary N) is 2. The molecule has 8 N–H and O–H groups in total. The van der Waals surface area contributed by atoms with Crippen molar-refractivity contribution in [2.45, 2.75) is 64.2 Å². The highest BCUT2D eigenvalue weighted by molar-refractivity contribution is 5.96. The van der Waals surface area contributed by atoms with Crippen LogP contribution in [0, 0.1) is 5.92 Å². The first kappa shape index (κ1) is 27.6. The third-order valence-corrected chi connectivity index (χ3v) is 4.75. The first-order chi connectivity index (χ1) is 15.4. The SMILES string of the molecule is CC(C)CC(N)C(=O)NC(C)C(=O)NC(CC(N)=O)C(=O)NC(Cc1ccccc1)C(=O)O. The number of carboxylic acids is 1. The Hall–Kier alpha value is -3.47. The average molecular weight is 464 g/mol. The molecule has 0 aromatic heterocycles. The summed E-state index contributed by atoms with van der Waals surface area (Å²) in [5.74, 6) is -4.15. The van der Waals surface area contributed by atoms with Crippen LogP contribution in [0.2, 0.25) is 0 Å². The highest BCUT2D eigenvalue weighted by Crippen LogP contribution is 2.05. The summed E-state index contributed by atoms with van der Waals surface area (Å²) < 4.78 is 0. The fourth-order valence-electron chi connectivity index (χ4n) is 3.03. The lowest BCUT2D eigenvalue weighted by Crippen LogP contribution is -2.57. The zero-order chi connectivity index (χ0) is 25.1. The molecular weight excluding hydrogens is 430 g/mol. The Morgan fingerprint density at radius 1 is 0.879 bits per heavy atom. The predicted molar refractivity (Wildman–Crippen MR) is 120 cm³/mol. The summed E-state index contributed by atoms with van der Waals surface area (Å²) in [6.45, 7) is 5.20. The van der Waals surface area contributed by atoms with E-state index in [1.54, 1.807) is 30.3 Å². The third kappa shape index (κ3) is 10.1. The summed E-state index contributed by atoms with van der Waals surface area (Å²) >= 11 is 0. The summed E-state index contributed by atoms with van der Waals surface area (Å²) in [6, 6.07) is 4.07. The van der Waals surface area contributed by atoms with Crippen LogP contribution < -0.4 is 27.4 Å². The van der Waals surface area contributed by atoms with Crippen molar-refractivity contribution >= 4 is 29.6 Å². The van der Waals surface area contributed by atoms with Gasteiger partial charge in [-0.25, -0.2) is 4.79 Å². The lowest BCUT2D eigenvalue weighted by Gasteiger charge is -2.23. The van der Waals surface area contributed by atoms with Gasteiger partial charge in [-0.1, -0.05) is 44.2 Å². The number of hydrogen-bond acceptors (Lipinski definition) is 6. The van der Waals surface area contributed by atoms with E-state index in [1.807, 2.05) is 13.8 Å². The molecule has 4 atom stereocenters. The molecule has 4 unspecified atom stereocenters. The van der Waals surface area contributed by atoms with Crippen LogP contribution in [0.3, 0.4) is 0 Å². The van der Waals surface area contributed by atoms with Crippen molar-refractivity contribution in [1.29, 1.82) is 0 Å². The van der Waals surface area contributed by atoms with E-state index >= 15 is 0 Å². The van der Waals surface area contributed by atoms with Crippen LogP contribution in [-0.2, 0) is 30.4 Å². The number of carboxylic acid groups (broad SMARTS) is 1. The van der Waals surface area contributed by atoms with Gasteiger partial charge in [0.05, 0.1) is 12.5 Å². The van der Waals surface area contributed by atoms with Gasteiger partial charge in [0.15, 0.2) is 0 Å². The lowest BCUT2D eigenvalue weighted by molar-refractivity contribution is -0.142. The van der Waals surface area contributed by atoms with Gasteiger partial charge in [-0.15, -0.1) is 0 Å². The number of nitrogens with one attached hydrogen (secondary N) is 3. The first-order valence-electron chi connectivity index (χ1n) is 10.6. The smallest absolute Gasteiger partial charge is 0.326 e. The molecule has 0 fully saturated rings. The van der Waals surface area contributed by atoms with E-state index in [-0.39, 0.29) is 12.3 Å². The third-order valence-electron chi connectivity index (χ3n) is 4.75. The van der Waals surface area contributed by atoms with Crippen molar-refractivity contribution in [2.75, 3.05) is 0 Å². The number of rotatable bonds is 13. The fraction of sp³-hybridized carbons (Fsp3) is 0.500. The molecule has 0 radical (unpaired) electrons. The number of hydrogen-bond donors (Lipinski definition) is 6. The maximum atomic E-state index is 12.7. The summed E-state index contributed by atoms with van der Waals surface area (Å²) in [6.07, 6.45) is -0.132. The van der Waals surface area contributed by atoms with Gasteiger partial charge >= 0.3 is 5.97 Å². The van der Waals surface area contributed by atoms with Crippen molar-refractivity contribution in [3.63, 3.8) is 0 Å². The standard InChI is InChI=1S/C22H33N5O6/c1-12(2)9-15(23)20(30)25-13(3)19(29)26-16(11-18(24)28)21(31)27-17(22(32)33)10-14-7-5-4-6-8-14/h4-8,12-13,15-17H,9-11,23H2,1-3H3,(H2,24,28)(H,25,30)(H,26,29)(H,27,31)(H,32,33). The molecular formula is C22H33N5O6. The van der Waals surface area contributed by atoms with Crippen LogP contribution in [-0.4, -0.2) is 58.9 Å². The van der Waals surface area contributed by atoms with Gasteiger partial charge in [0.25, 0.3) is 0 Å². The fourth-order valence-corrected chi connectivity index (χ4v) is 3.03. The van der Waals surface area contributed by atoms with Gasteiger partial charge in [0.2, 0.25) is 23.6 Å². The molecule has 0 spiro atoms. The van der Waals surface area contributed by atoms with Crippen LogP contribution in [0.5, 0.6) is 0 Å². The second-order valence-corrected chi connectivity index (χ2v) is 8.29. The number of amides is 4. The number of primary amides is 1. The Bertz CT molecular complexity index is 845. The Labute approximate surface area is 192 Å². The van der Waals surface area contributed by atoms with E-state index in [0.29, 0.717) is 12.0 Å². The molecule has 1 aromatic carbocycles. The second kappa shape index (κ2) is 13.2. The molecule has 0 aliphatic heterocycles. The van der Waals surface area contributed by atoms with Crippen molar-refractivity contribution in [2.24, 2.45) is 17.4 Å². The van der Waals surface area contributed by atoms with Gasteiger partial charge < -0.3 is 32.5 Å². The summed E-state index contributed by atoms with van der Waals surface area (Å²) in [7, 11) is 0. The van der Waals surface area contributed by atoms with E-state index in [1.165, 1.54) is 6.92 Å². The van der Waals surface area contributed by atoms with Crippen LogP contribution in [0.25, 0.3) is 0 Å². The van der Waals surface area contributed by atoms with Gasteiger partial charge in [-0.2, -0.15) is 0 Å². The molecule has 33 heavy (non-hydrogen) atoms. The topological polar surface area (TPSA) is 194 Å². The summed E-state index contributed by atoms with van der Waals surface area (Å²) in [5.41, 5.74) is 11.7. The lowest BCUT2D eigenvalue weighted by atomic mass is 10.0. The largest absolute Gasteiger partial charge is 0.480 e. The quantitative estimate of drug-likeness (QED) is 0.217. The van der Waals surface area contributed by atoms with Gasteiger partial charge in [-0.3, -0.25) is 19.2 Å². The van der Waals surface area contributed by atoms with E-state index in [9.17, 15) is 29.1 Å². The minimum Gasteiger partial charge on any atom is -0.480 e. The predicted octanol–water partition coefficient (Wildman–Crippen LogP) is -0.963. The molecule has 4 amide bonds. The Morgan fingerprint density at radius 3 is 1.97 bits per heavy atom. The number of carbonyl (C=O) groups excluding carboxylic acids is 4. The van der Waals surface area contributed by atoms with Crippen molar-refractivity contribution < 1.29 is 29.1 Å². The van der Waals surface area contributed by atoms with Gasteiger partial charge in [-0.05, 0) is 24.8 Å². The molecule has 1 rings (SSSR count). The van der Waals surface area contributed by atoms with Crippen molar-refractivity contribution in [3.05, 3.63) is 35.9 Å². The van der Waals surface area contributed by atoms with Crippen molar-refractivity contribution in [3.8, 4) is 0 Å². The molecule has 0 aliphatic carbocycles. The molecule has 11 nitrogen and oxygen atoms in total. The van der Waals surface area contributed by atoms with Crippen molar-refractivity contribution in [1.82, 2.24) is 16.0 Å². The minimum atomic E-state index is -1.42. The Kier molecular flexibility index (Phi) is 11.0. The zero-order valence-corrected chi connectivity index (χ0v) is 19.0. The van der Waals surface area contributed by atoms with E-state index in [0.717, 1.165) is 0 Å². The first-order valence-corrected chi connectivity index (χ1v) is 10.6. The highest BCUT2D eigenvalue weighted by atomic mass is 16.4. The number of carbonyl (C=O) groups is 5. The monoisotopic (exact) mass is 463 g/mol. The van der Waals surface area contributed by atoms with Gasteiger partial charge in [0.1, 0.15) is 18.1 Å². The normalized spacial score (nSPS) is 14.5. The van der Waals surface area contributed by atoms with E-state index in [4.69, 9.17) is 11.5 Å². The minimum absolute atomic E-state index is 0.000644. The van der Waals surface area contributed by atoms with Gasteiger partial charge in [0, 0.05) is 6.42 Å². The number of aliphatic carboxylic acids is 1. The summed E-state index contributed by atoms with van der Waals surface area (Å²) in [5, 5.41) is 16.6. The van der Waals surface area contributed by atoms with Crippen LogP contribution in [0.15, 0.2) is 30.3 Å². The maximum absolute atomic E-state index is 12.7. The molecule has 0 saturated carbocycles. The maximum Gasteiger partial charge on any atom is 0.326 e. The zero-order valence-electron chi connectivity index (χ0n) is 19.0. The Balaban J connectivity index is 2.83. The second-order valence-electron chi connectivity index (χ2n) is 8.29. The molecule has 0 saturated heterocycles. The van der Waals surface area contributed by atoms with E-state index in [2.05, 4.69) is 16.0 Å².